The van der Waals surface area contributed by atoms with Gasteiger partial charge in [-0.1, -0.05) is 75.6 Å². The zero-order valence-electron chi connectivity index (χ0n) is 17.0. The molecule has 3 rings (SSSR count). The molecule has 0 heterocycles. The first-order valence-electron chi connectivity index (χ1n) is 10.6. The van der Waals surface area contributed by atoms with Gasteiger partial charge in [-0.25, -0.2) is 8.78 Å². The monoisotopic (exact) mass is 380 g/mol. The van der Waals surface area contributed by atoms with Gasteiger partial charge in [0, 0.05) is 5.56 Å². The lowest BCUT2D eigenvalue weighted by molar-refractivity contribution is 0.252. The van der Waals surface area contributed by atoms with Crippen molar-refractivity contribution in [1.29, 1.82) is 0 Å². The summed E-state index contributed by atoms with van der Waals surface area (Å²) in [5.41, 5.74) is 2.37. The second kappa shape index (κ2) is 9.87. The maximum atomic E-state index is 14.4. The van der Waals surface area contributed by atoms with Crippen molar-refractivity contribution in [1.82, 2.24) is 0 Å². The molecule has 1 aliphatic carbocycles. The van der Waals surface area contributed by atoms with Crippen LogP contribution in [0.2, 0.25) is 0 Å². The summed E-state index contributed by atoms with van der Waals surface area (Å²) in [4.78, 5) is 0. The molecule has 0 saturated heterocycles. The predicted octanol–water partition coefficient (Wildman–Crippen LogP) is 7.54. The molecule has 148 valence electrons. The van der Waals surface area contributed by atoms with Crippen LogP contribution in [0.4, 0.5) is 8.78 Å². The van der Waals surface area contributed by atoms with Crippen LogP contribution in [0.25, 0.3) is 11.1 Å². The van der Waals surface area contributed by atoms with Crippen molar-refractivity contribution in [2.24, 2.45) is 11.8 Å². The molecule has 0 radical (unpaired) electrons. The lowest BCUT2D eigenvalue weighted by atomic mass is 9.78. The Morgan fingerprint density at radius 2 is 1.50 bits per heavy atom. The largest absolute Gasteiger partial charge is 0.203 e. The minimum absolute atomic E-state index is 0.106. The second-order valence-electron chi connectivity index (χ2n) is 8.07. The predicted molar refractivity (Wildman–Crippen MR) is 113 cm³/mol. The Balaban J connectivity index is 1.60. The van der Waals surface area contributed by atoms with Gasteiger partial charge < -0.3 is 0 Å². The quantitative estimate of drug-likeness (QED) is 0.454. The Kier molecular flexibility index (Phi) is 7.26. The summed E-state index contributed by atoms with van der Waals surface area (Å²) in [6.07, 6.45) is 10.5. The van der Waals surface area contributed by atoms with E-state index in [9.17, 15) is 8.78 Å². The fourth-order valence-corrected chi connectivity index (χ4v) is 4.44. The lowest BCUT2D eigenvalue weighted by Crippen LogP contribution is -2.15. The van der Waals surface area contributed by atoms with Crippen molar-refractivity contribution in [3.8, 4) is 23.0 Å². The van der Waals surface area contributed by atoms with Gasteiger partial charge in [0.2, 0.25) is 0 Å². The second-order valence-corrected chi connectivity index (χ2v) is 8.07. The fraction of sp³-hybridized carbons (Fsp3) is 0.462. The molecule has 0 unspecified atom stereocenters. The molecule has 2 aromatic carbocycles. The van der Waals surface area contributed by atoms with E-state index >= 15 is 0 Å². The molecular weight excluding hydrogens is 350 g/mol. The van der Waals surface area contributed by atoms with Gasteiger partial charge in [-0.2, -0.15) is 0 Å². The van der Waals surface area contributed by atoms with Crippen LogP contribution in [-0.4, -0.2) is 0 Å². The molecule has 2 aromatic rings. The van der Waals surface area contributed by atoms with Crippen molar-refractivity contribution in [3.63, 3.8) is 0 Å². The van der Waals surface area contributed by atoms with Crippen molar-refractivity contribution < 1.29 is 8.78 Å². The van der Waals surface area contributed by atoms with E-state index in [-0.39, 0.29) is 5.56 Å². The molecule has 2 heteroatoms. The maximum absolute atomic E-state index is 14.4. The van der Waals surface area contributed by atoms with Crippen LogP contribution >= 0.6 is 0 Å². The van der Waals surface area contributed by atoms with Gasteiger partial charge in [0.05, 0.1) is 5.56 Å². The molecule has 0 nitrogen and oxygen atoms in total. The Hall–Kier alpha value is -2.14. The summed E-state index contributed by atoms with van der Waals surface area (Å²) < 4.78 is 28.5. The van der Waals surface area contributed by atoms with Gasteiger partial charge in [0.1, 0.15) is 0 Å². The van der Waals surface area contributed by atoms with Crippen LogP contribution in [0.1, 0.15) is 69.9 Å². The average Bonchev–Trinajstić information content (AvgIpc) is 2.72. The molecule has 1 saturated carbocycles. The first kappa shape index (κ1) is 20.6. The maximum Gasteiger partial charge on any atom is 0.175 e. The van der Waals surface area contributed by atoms with Crippen LogP contribution in [0.5, 0.6) is 0 Å². The van der Waals surface area contributed by atoms with Gasteiger partial charge in [0.15, 0.2) is 11.6 Å². The van der Waals surface area contributed by atoms with Gasteiger partial charge >= 0.3 is 0 Å². The van der Waals surface area contributed by atoms with Crippen LogP contribution < -0.4 is 0 Å². The van der Waals surface area contributed by atoms with E-state index in [1.807, 2.05) is 12.1 Å². The number of hydrogen-bond donors (Lipinski definition) is 0. The molecule has 28 heavy (non-hydrogen) atoms. The highest BCUT2D eigenvalue weighted by atomic mass is 19.2. The third-order valence-corrected chi connectivity index (χ3v) is 6.11. The summed E-state index contributed by atoms with van der Waals surface area (Å²) in [6, 6.07) is 11.1. The topological polar surface area (TPSA) is 0 Å². The number of hydrogen-bond acceptors (Lipinski definition) is 0. The Bertz CT molecular complexity index is 831. The fourth-order valence-electron chi connectivity index (χ4n) is 4.44. The molecule has 1 fully saturated rings. The molecular formula is C26H30F2. The van der Waals surface area contributed by atoms with Crippen LogP contribution in [0.15, 0.2) is 36.4 Å². The van der Waals surface area contributed by atoms with Gasteiger partial charge in [-0.3, -0.25) is 0 Å². The minimum Gasteiger partial charge on any atom is -0.203 e. The Morgan fingerprint density at radius 3 is 2.11 bits per heavy atom. The highest BCUT2D eigenvalue weighted by Gasteiger charge is 2.20. The van der Waals surface area contributed by atoms with E-state index in [0.717, 1.165) is 18.3 Å². The van der Waals surface area contributed by atoms with E-state index in [1.165, 1.54) is 50.5 Å². The highest BCUT2D eigenvalue weighted by molar-refractivity contribution is 5.65. The molecule has 0 atom stereocenters. The van der Waals surface area contributed by atoms with E-state index < -0.39 is 11.6 Å². The average molecular weight is 381 g/mol. The number of rotatable bonds is 6. The van der Waals surface area contributed by atoms with Crippen molar-refractivity contribution in [2.75, 3.05) is 0 Å². The van der Waals surface area contributed by atoms with Crippen LogP contribution in [0, 0.1) is 35.3 Å². The molecule has 1 aliphatic rings. The smallest absolute Gasteiger partial charge is 0.175 e. The van der Waals surface area contributed by atoms with E-state index in [4.69, 9.17) is 0 Å². The molecule has 0 amide bonds. The van der Waals surface area contributed by atoms with Crippen LogP contribution in [0.3, 0.4) is 0 Å². The van der Waals surface area contributed by atoms with E-state index in [2.05, 4.69) is 30.9 Å². The standard InChI is InChI=1S/C26H30F2/c1-3-5-19-7-9-20(10-8-19)11-12-21-13-15-22(16-14-21)24-18-17-23(6-4-2)25(27)26(24)28/h13-20H,3,5,7-12H2,1-2H3/t19-,20-. The summed E-state index contributed by atoms with van der Waals surface area (Å²) >= 11 is 0. The zero-order chi connectivity index (χ0) is 19.9. The summed E-state index contributed by atoms with van der Waals surface area (Å²) in [6.45, 7) is 3.89. The summed E-state index contributed by atoms with van der Waals surface area (Å²) in [5, 5.41) is 0. The van der Waals surface area contributed by atoms with E-state index in [0.29, 0.717) is 11.1 Å². The summed E-state index contributed by atoms with van der Waals surface area (Å²) in [5.74, 6) is 5.31. The van der Waals surface area contributed by atoms with Gasteiger partial charge in [-0.15, -0.1) is 5.92 Å². The third kappa shape index (κ3) is 5.02. The number of aryl methyl sites for hydroxylation is 1. The Morgan fingerprint density at radius 1 is 0.857 bits per heavy atom. The molecule has 0 aliphatic heterocycles. The minimum atomic E-state index is -0.866. The van der Waals surface area contributed by atoms with Gasteiger partial charge in [0.25, 0.3) is 0 Å². The lowest BCUT2D eigenvalue weighted by Gasteiger charge is -2.28. The number of halogens is 2. The first-order valence-corrected chi connectivity index (χ1v) is 10.6. The molecule has 0 aromatic heterocycles. The van der Waals surface area contributed by atoms with Crippen molar-refractivity contribution in [3.05, 3.63) is 59.2 Å². The number of benzene rings is 2. The van der Waals surface area contributed by atoms with E-state index in [1.54, 1.807) is 19.1 Å². The van der Waals surface area contributed by atoms with Gasteiger partial charge in [-0.05, 0) is 54.9 Å². The molecule has 0 N–H and O–H groups in total. The van der Waals surface area contributed by atoms with Crippen molar-refractivity contribution in [2.45, 2.75) is 65.2 Å². The Labute approximate surface area is 168 Å². The summed E-state index contributed by atoms with van der Waals surface area (Å²) in [7, 11) is 0. The van der Waals surface area contributed by atoms with Crippen molar-refractivity contribution >= 4 is 0 Å². The van der Waals surface area contributed by atoms with Crippen LogP contribution in [-0.2, 0) is 6.42 Å². The highest BCUT2D eigenvalue weighted by Crippen LogP contribution is 2.34. The first-order chi connectivity index (χ1) is 13.6. The normalized spacial score (nSPS) is 19.1. The third-order valence-electron chi connectivity index (χ3n) is 6.11. The molecule has 0 bridgehead atoms. The SMILES string of the molecule is CC#Cc1ccc(-c2ccc(CC[C@H]3CC[C@H](CCC)CC3)cc2)c(F)c1F. The molecule has 0 spiro atoms. The zero-order valence-corrected chi connectivity index (χ0v) is 17.0.